The average molecular weight is 423 g/mol. The largest absolute Gasteiger partial charge is 0.498 e. The normalized spacial score (nSPS) is 13.3. The number of allylic oxidation sites excluding steroid dienone is 3. The lowest BCUT2D eigenvalue weighted by Crippen LogP contribution is -2.19. The molecule has 1 unspecified atom stereocenters. The van der Waals surface area contributed by atoms with Crippen molar-refractivity contribution >= 4 is 0 Å². The molecule has 3 nitrogen and oxygen atoms in total. The minimum atomic E-state index is -4.34. The van der Waals surface area contributed by atoms with Crippen LogP contribution in [0.3, 0.4) is 0 Å². The minimum absolute atomic E-state index is 0.0819. The van der Waals surface area contributed by atoms with Gasteiger partial charge in [-0.1, -0.05) is 44.9 Å². The van der Waals surface area contributed by atoms with Crippen LogP contribution in [0, 0.1) is 5.92 Å². The van der Waals surface area contributed by atoms with Gasteiger partial charge >= 0.3 is 6.18 Å². The van der Waals surface area contributed by atoms with Gasteiger partial charge in [-0.15, -0.1) is 0 Å². The molecule has 1 aromatic carbocycles. The second-order valence-corrected chi connectivity index (χ2v) is 7.44. The molecule has 1 atom stereocenters. The van der Waals surface area contributed by atoms with Crippen LogP contribution < -0.4 is 5.73 Å². The van der Waals surface area contributed by atoms with Crippen LogP contribution in [0.1, 0.15) is 44.7 Å². The van der Waals surface area contributed by atoms with Gasteiger partial charge in [0.15, 0.2) is 0 Å². The summed E-state index contributed by atoms with van der Waals surface area (Å²) in [5.41, 5.74) is 8.21. The van der Waals surface area contributed by atoms with Gasteiger partial charge in [-0.25, -0.2) is 0 Å². The first-order chi connectivity index (χ1) is 14.0. The fourth-order valence-electron chi connectivity index (χ4n) is 2.92. The topological polar surface area (TPSA) is 38.5 Å². The number of benzene rings is 1. The smallest absolute Gasteiger partial charge is 0.416 e. The van der Waals surface area contributed by atoms with Crippen molar-refractivity contribution in [2.75, 3.05) is 13.2 Å². The molecule has 0 aliphatic carbocycles. The van der Waals surface area contributed by atoms with Crippen LogP contribution in [0.4, 0.5) is 13.2 Å². The minimum Gasteiger partial charge on any atom is -0.498 e. The molecular weight excluding hydrogens is 389 g/mol. The monoisotopic (exact) mass is 422 g/mol. The van der Waals surface area contributed by atoms with Crippen molar-refractivity contribution in [1.29, 1.82) is 0 Å². The van der Waals surface area contributed by atoms with Crippen LogP contribution in [0.5, 0.6) is 0 Å². The average Bonchev–Trinajstić information content (AvgIpc) is 2.68. The van der Waals surface area contributed by atoms with Gasteiger partial charge < -0.3 is 15.4 Å². The zero-order valence-corrected chi connectivity index (χ0v) is 18.2. The number of halogens is 3. The maximum Gasteiger partial charge on any atom is 0.416 e. The van der Waals surface area contributed by atoms with Crippen LogP contribution in [-0.2, 0) is 17.3 Å². The Bertz CT molecular complexity index is 781. The summed E-state index contributed by atoms with van der Waals surface area (Å²) >= 11 is 0. The number of hydrogen-bond donors (Lipinski definition) is 1. The van der Waals surface area contributed by atoms with Crippen molar-refractivity contribution in [3.63, 3.8) is 0 Å². The third-order valence-electron chi connectivity index (χ3n) is 5.10. The second-order valence-electron chi connectivity index (χ2n) is 7.44. The van der Waals surface area contributed by atoms with Crippen molar-refractivity contribution in [2.24, 2.45) is 11.7 Å². The van der Waals surface area contributed by atoms with E-state index in [1.807, 2.05) is 25.7 Å². The molecule has 0 fully saturated rings. The van der Waals surface area contributed by atoms with Crippen molar-refractivity contribution < 1.29 is 17.9 Å². The Morgan fingerprint density at radius 2 is 1.90 bits per heavy atom. The van der Waals surface area contributed by atoms with Gasteiger partial charge in [0.2, 0.25) is 0 Å². The zero-order valence-electron chi connectivity index (χ0n) is 18.2. The van der Waals surface area contributed by atoms with Gasteiger partial charge in [-0.05, 0) is 56.5 Å². The summed E-state index contributed by atoms with van der Waals surface area (Å²) in [5, 5.41) is 0. The highest BCUT2D eigenvalue weighted by atomic mass is 19.4. The molecule has 1 rings (SSSR count). The number of ether oxygens (including phenoxy) is 1. The van der Waals surface area contributed by atoms with E-state index in [4.69, 9.17) is 10.5 Å². The highest BCUT2D eigenvalue weighted by molar-refractivity contribution is 5.28. The van der Waals surface area contributed by atoms with E-state index in [0.717, 1.165) is 36.7 Å². The molecule has 6 heteroatoms. The standard InChI is InChI=1S/C24H33F3N2O/c1-7-29(20(5)18(3)19(4)28)13-8-9-14-30-21(6)17(2)15-22-11-10-12-23(16-22)24(25,26)27/h7,10-12,16-17H,1,4,6,8-9,13-15,28H2,2-3,5H3/b20-18+. The number of hydrogen-bond acceptors (Lipinski definition) is 3. The summed E-state index contributed by atoms with van der Waals surface area (Å²) in [6.45, 7) is 18.6. The molecule has 0 amide bonds. The molecule has 166 valence electrons. The van der Waals surface area contributed by atoms with Crippen molar-refractivity contribution in [2.45, 2.75) is 46.2 Å². The first-order valence-corrected chi connectivity index (χ1v) is 9.96. The molecule has 0 aliphatic heterocycles. The Morgan fingerprint density at radius 3 is 2.47 bits per heavy atom. The third-order valence-corrected chi connectivity index (χ3v) is 5.10. The first-order valence-electron chi connectivity index (χ1n) is 9.96. The van der Waals surface area contributed by atoms with E-state index in [2.05, 4.69) is 19.7 Å². The molecule has 30 heavy (non-hydrogen) atoms. The fraction of sp³-hybridized carbons (Fsp3) is 0.417. The van der Waals surface area contributed by atoms with Crippen molar-refractivity contribution in [3.8, 4) is 0 Å². The lowest BCUT2D eigenvalue weighted by atomic mass is 9.98. The summed E-state index contributed by atoms with van der Waals surface area (Å²) < 4.78 is 44.3. The highest BCUT2D eigenvalue weighted by Gasteiger charge is 2.30. The van der Waals surface area contributed by atoms with Crippen molar-refractivity contribution in [3.05, 3.63) is 84.1 Å². The number of nitrogens with zero attached hydrogens (tertiary/aromatic N) is 1. The molecule has 2 N–H and O–H groups in total. The van der Waals surface area contributed by atoms with E-state index in [1.165, 1.54) is 12.1 Å². The van der Waals surface area contributed by atoms with Crippen LogP contribution >= 0.6 is 0 Å². The van der Waals surface area contributed by atoms with Gasteiger partial charge in [0.25, 0.3) is 0 Å². The number of unbranched alkanes of at least 4 members (excludes halogenated alkanes) is 1. The SMILES string of the molecule is C=CN(CCCCOC(=C)C(C)Cc1cccc(C(F)(F)F)c1)/C(C)=C(\C)C(=C)N. The molecule has 0 saturated carbocycles. The Kier molecular flexibility index (Phi) is 9.76. The summed E-state index contributed by atoms with van der Waals surface area (Å²) in [7, 11) is 0. The van der Waals surface area contributed by atoms with Crippen LogP contribution in [0.15, 0.2) is 72.9 Å². The molecule has 0 aliphatic rings. The molecule has 0 heterocycles. The molecule has 0 saturated heterocycles. The van der Waals surface area contributed by atoms with E-state index in [9.17, 15) is 13.2 Å². The van der Waals surface area contributed by atoms with E-state index >= 15 is 0 Å². The van der Waals surface area contributed by atoms with E-state index in [-0.39, 0.29) is 5.92 Å². The molecule has 0 bridgehead atoms. The Balaban J connectivity index is 2.45. The van der Waals surface area contributed by atoms with E-state index in [0.29, 0.717) is 30.0 Å². The Labute approximate surface area is 178 Å². The Morgan fingerprint density at radius 1 is 1.23 bits per heavy atom. The van der Waals surface area contributed by atoms with Gasteiger partial charge in [0.05, 0.1) is 17.9 Å². The van der Waals surface area contributed by atoms with Crippen molar-refractivity contribution in [1.82, 2.24) is 4.90 Å². The number of nitrogens with two attached hydrogens (primary N) is 1. The highest BCUT2D eigenvalue weighted by Crippen LogP contribution is 2.30. The van der Waals surface area contributed by atoms with E-state index in [1.54, 1.807) is 12.3 Å². The lowest BCUT2D eigenvalue weighted by Gasteiger charge is -2.23. The summed E-state index contributed by atoms with van der Waals surface area (Å²) in [6, 6.07) is 5.38. The molecule has 1 aromatic rings. The van der Waals surface area contributed by atoms with Gasteiger partial charge in [-0.3, -0.25) is 0 Å². The van der Waals surface area contributed by atoms with Gasteiger partial charge in [0.1, 0.15) is 0 Å². The Hall–Kier alpha value is -2.63. The summed E-state index contributed by atoms with van der Waals surface area (Å²) in [6.07, 6.45) is -0.438. The number of rotatable bonds is 12. The second kappa shape index (κ2) is 11.5. The van der Waals surface area contributed by atoms with Gasteiger partial charge in [-0.2, -0.15) is 13.2 Å². The number of alkyl halides is 3. The van der Waals surface area contributed by atoms with Crippen LogP contribution in [0.25, 0.3) is 0 Å². The van der Waals surface area contributed by atoms with Crippen LogP contribution in [-0.4, -0.2) is 18.1 Å². The predicted octanol–water partition coefficient (Wildman–Crippen LogP) is 6.41. The first kappa shape index (κ1) is 25.4. The maximum atomic E-state index is 12.9. The molecular formula is C24H33F3N2O. The quantitative estimate of drug-likeness (QED) is 0.240. The van der Waals surface area contributed by atoms with Gasteiger partial charge in [0, 0.05) is 23.9 Å². The third kappa shape index (κ3) is 8.01. The summed E-state index contributed by atoms with van der Waals surface area (Å²) in [4.78, 5) is 2.03. The van der Waals surface area contributed by atoms with E-state index < -0.39 is 11.7 Å². The molecule has 0 aromatic heterocycles. The zero-order chi connectivity index (χ0) is 22.9. The van der Waals surface area contributed by atoms with Crippen LogP contribution in [0.2, 0.25) is 0 Å². The summed E-state index contributed by atoms with van der Waals surface area (Å²) in [5.74, 6) is 0.501. The molecule has 0 spiro atoms. The molecule has 0 radical (unpaired) electrons. The lowest BCUT2D eigenvalue weighted by molar-refractivity contribution is -0.137. The maximum absolute atomic E-state index is 12.9. The predicted molar refractivity (Wildman–Crippen MR) is 117 cm³/mol. The fourth-order valence-corrected chi connectivity index (χ4v) is 2.92.